The third kappa shape index (κ3) is 4.07. The van der Waals surface area contributed by atoms with Crippen LogP contribution in [0.15, 0.2) is 11.2 Å². The zero-order valence-corrected chi connectivity index (χ0v) is 11.0. The molecule has 98 valence electrons. The molecule has 1 aromatic heterocycles. The maximum Gasteiger partial charge on any atom is 0.204 e. The molecule has 0 saturated heterocycles. The van der Waals surface area contributed by atoms with Crippen LogP contribution in [0.5, 0.6) is 0 Å². The Morgan fingerprint density at radius 1 is 1.56 bits per heavy atom. The first-order chi connectivity index (χ1) is 8.69. The summed E-state index contributed by atoms with van der Waals surface area (Å²) in [6, 6.07) is 0. The van der Waals surface area contributed by atoms with E-state index in [1.54, 1.807) is 7.05 Å². The molecule has 7 nitrogen and oxygen atoms in total. The fourth-order valence-corrected chi connectivity index (χ4v) is 1.41. The molecule has 0 aromatic carbocycles. The summed E-state index contributed by atoms with van der Waals surface area (Å²) < 4.78 is 2.05. The summed E-state index contributed by atoms with van der Waals surface area (Å²) in [6.07, 6.45) is 3.67. The van der Waals surface area contributed by atoms with E-state index in [4.69, 9.17) is 5.26 Å². The van der Waals surface area contributed by atoms with Crippen LogP contribution in [0.1, 0.15) is 11.5 Å². The predicted octanol–water partition coefficient (Wildman–Crippen LogP) is -0.536. The fourth-order valence-electron chi connectivity index (χ4n) is 1.41. The first-order valence-electron chi connectivity index (χ1n) is 5.72. The molecular formula is C11H19N7. The van der Waals surface area contributed by atoms with Gasteiger partial charge in [-0.15, -0.1) is 0 Å². The second kappa shape index (κ2) is 7.29. The lowest BCUT2D eigenvalue weighted by atomic mass is 10.5. The van der Waals surface area contributed by atoms with Crippen LogP contribution in [0.2, 0.25) is 0 Å². The lowest BCUT2D eigenvalue weighted by Gasteiger charge is -2.08. The number of nitriles is 1. The molecule has 0 unspecified atom stereocenters. The van der Waals surface area contributed by atoms with Crippen molar-refractivity contribution in [2.24, 2.45) is 12.0 Å². The molecule has 0 radical (unpaired) electrons. The van der Waals surface area contributed by atoms with Crippen molar-refractivity contribution in [2.75, 3.05) is 20.1 Å². The van der Waals surface area contributed by atoms with Crippen molar-refractivity contribution >= 4 is 5.96 Å². The summed E-state index contributed by atoms with van der Waals surface area (Å²) in [5.41, 5.74) is 1.14. The Bertz CT molecular complexity index is 441. The van der Waals surface area contributed by atoms with Gasteiger partial charge in [0.05, 0.1) is 6.54 Å². The number of rotatable bonds is 5. The largest absolute Gasteiger partial charge is 0.354 e. The number of guanidine groups is 1. The second-order valence-corrected chi connectivity index (χ2v) is 3.79. The minimum Gasteiger partial charge on any atom is -0.354 e. The zero-order chi connectivity index (χ0) is 13.4. The number of nitrogens with zero attached hydrogens (tertiary/aromatic N) is 4. The summed E-state index contributed by atoms with van der Waals surface area (Å²) >= 11 is 0. The van der Waals surface area contributed by atoms with E-state index in [0.29, 0.717) is 12.5 Å². The van der Waals surface area contributed by atoms with Crippen LogP contribution in [-0.4, -0.2) is 35.6 Å². The molecule has 0 atom stereocenters. The molecule has 1 rings (SSSR count). The van der Waals surface area contributed by atoms with Gasteiger partial charge in [-0.3, -0.25) is 10.3 Å². The highest BCUT2D eigenvalue weighted by Crippen LogP contribution is 1.99. The molecule has 0 aliphatic heterocycles. The van der Waals surface area contributed by atoms with Crippen LogP contribution in [0.25, 0.3) is 0 Å². The van der Waals surface area contributed by atoms with Crippen molar-refractivity contribution in [2.45, 2.75) is 13.5 Å². The topological polar surface area (TPSA) is 90.1 Å². The van der Waals surface area contributed by atoms with E-state index in [-0.39, 0.29) is 0 Å². The highest BCUT2D eigenvalue weighted by molar-refractivity contribution is 5.80. The van der Waals surface area contributed by atoms with Gasteiger partial charge in [-0.2, -0.15) is 5.26 Å². The maximum absolute atomic E-state index is 8.44. The predicted molar refractivity (Wildman–Crippen MR) is 69.8 cm³/mol. The third-order valence-electron chi connectivity index (χ3n) is 2.59. The van der Waals surface area contributed by atoms with Crippen molar-refractivity contribution in [3.8, 4) is 6.19 Å². The van der Waals surface area contributed by atoms with E-state index in [0.717, 1.165) is 24.6 Å². The van der Waals surface area contributed by atoms with Gasteiger partial charge in [0.1, 0.15) is 5.82 Å². The van der Waals surface area contributed by atoms with Crippen LogP contribution >= 0.6 is 0 Å². The molecule has 0 aliphatic carbocycles. The minimum absolute atomic E-state index is 0.479. The molecular weight excluding hydrogens is 230 g/mol. The van der Waals surface area contributed by atoms with Gasteiger partial charge < -0.3 is 15.2 Å². The van der Waals surface area contributed by atoms with Crippen molar-refractivity contribution in [3.63, 3.8) is 0 Å². The smallest absolute Gasteiger partial charge is 0.204 e. The van der Waals surface area contributed by atoms with Crippen molar-refractivity contribution in [3.05, 3.63) is 17.7 Å². The van der Waals surface area contributed by atoms with E-state index in [2.05, 4.69) is 30.5 Å². The first-order valence-corrected chi connectivity index (χ1v) is 5.72. The van der Waals surface area contributed by atoms with Crippen molar-refractivity contribution in [1.82, 2.24) is 25.5 Å². The van der Waals surface area contributed by atoms with Gasteiger partial charge in [-0.25, -0.2) is 4.98 Å². The molecule has 1 heterocycles. The average molecular weight is 249 g/mol. The van der Waals surface area contributed by atoms with E-state index < -0.39 is 0 Å². The quantitative estimate of drug-likeness (QED) is 0.214. The lowest BCUT2D eigenvalue weighted by Crippen LogP contribution is -2.38. The first kappa shape index (κ1) is 14.0. The number of aryl methyl sites for hydroxylation is 1. The van der Waals surface area contributed by atoms with E-state index in [9.17, 15) is 0 Å². The Morgan fingerprint density at radius 3 is 2.89 bits per heavy atom. The van der Waals surface area contributed by atoms with Gasteiger partial charge in [-0.05, 0) is 6.92 Å². The van der Waals surface area contributed by atoms with Gasteiger partial charge in [0.15, 0.2) is 6.19 Å². The number of aliphatic imine (C=N–C) groups is 1. The normalized spacial score (nSPS) is 11.1. The zero-order valence-electron chi connectivity index (χ0n) is 11.0. The van der Waals surface area contributed by atoms with Crippen molar-refractivity contribution < 1.29 is 0 Å². The summed E-state index contributed by atoms with van der Waals surface area (Å²) in [5, 5.41) is 17.2. The molecule has 18 heavy (non-hydrogen) atoms. The number of hydrogen-bond donors (Lipinski definition) is 3. The monoisotopic (exact) mass is 249 g/mol. The Balaban J connectivity index is 2.20. The fraction of sp³-hybridized carbons (Fsp3) is 0.545. The SMILES string of the molecule is CN=C(NC#N)NCCNCc1ncc(C)n1C. The Hall–Kier alpha value is -2.07. The highest BCUT2D eigenvalue weighted by atomic mass is 15.2. The van der Waals surface area contributed by atoms with E-state index in [1.165, 1.54) is 0 Å². The molecule has 0 bridgehead atoms. The third-order valence-corrected chi connectivity index (χ3v) is 2.59. The van der Waals surface area contributed by atoms with Crippen LogP contribution < -0.4 is 16.0 Å². The minimum atomic E-state index is 0.479. The molecule has 0 amide bonds. The van der Waals surface area contributed by atoms with Gasteiger partial charge in [0.2, 0.25) is 5.96 Å². The van der Waals surface area contributed by atoms with Gasteiger partial charge in [-0.1, -0.05) is 0 Å². The van der Waals surface area contributed by atoms with Crippen molar-refractivity contribution in [1.29, 1.82) is 5.26 Å². The van der Waals surface area contributed by atoms with Crippen LogP contribution in [0, 0.1) is 18.4 Å². The Labute approximate surface area is 107 Å². The Morgan fingerprint density at radius 2 is 2.33 bits per heavy atom. The maximum atomic E-state index is 8.44. The summed E-state index contributed by atoms with van der Waals surface area (Å²) in [6.45, 7) is 4.19. The number of imidazole rings is 1. The number of hydrogen-bond acceptors (Lipinski definition) is 4. The Kier molecular flexibility index (Phi) is 5.67. The lowest BCUT2D eigenvalue weighted by molar-refractivity contribution is 0.625. The second-order valence-electron chi connectivity index (χ2n) is 3.79. The molecule has 7 heteroatoms. The molecule has 0 fully saturated rings. The molecule has 3 N–H and O–H groups in total. The number of nitrogens with one attached hydrogen (secondary N) is 3. The molecule has 0 spiro atoms. The molecule has 0 saturated carbocycles. The average Bonchev–Trinajstić information content (AvgIpc) is 2.69. The van der Waals surface area contributed by atoms with Crippen LogP contribution in [0.4, 0.5) is 0 Å². The summed E-state index contributed by atoms with van der Waals surface area (Å²) in [4.78, 5) is 8.17. The summed E-state index contributed by atoms with van der Waals surface area (Å²) in [7, 11) is 3.62. The number of aromatic nitrogens is 2. The van der Waals surface area contributed by atoms with Gasteiger partial charge in [0, 0.05) is 39.1 Å². The summed E-state index contributed by atoms with van der Waals surface area (Å²) in [5.74, 6) is 1.49. The van der Waals surface area contributed by atoms with Gasteiger partial charge in [0.25, 0.3) is 0 Å². The van der Waals surface area contributed by atoms with Crippen LogP contribution in [-0.2, 0) is 13.6 Å². The highest BCUT2D eigenvalue weighted by Gasteiger charge is 2.01. The molecule has 1 aromatic rings. The standard InChI is InChI=1S/C11H19N7/c1-9-6-16-10(18(9)3)7-14-4-5-15-11(13-2)17-8-12/h6,14H,4-5,7H2,1-3H3,(H2,13,15,17). The van der Waals surface area contributed by atoms with Crippen LogP contribution in [0.3, 0.4) is 0 Å². The van der Waals surface area contributed by atoms with E-state index >= 15 is 0 Å². The van der Waals surface area contributed by atoms with E-state index in [1.807, 2.05) is 26.4 Å². The molecule has 0 aliphatic rings. The van der Waals surface area contributed by atoms with Gasteiger partial charge >= 0.3 is 0 Å².